The minimum absolute atomic E-state index is 0.264. The van der Waals surface area contributed by atoms with Crippen LogP contribution in [0.5, 0.6) is 0 Å². The summed E-state index contributed by atoms with van der Waals surface area (Å²) in [6, 6.07) is 20.6. The molecule has 1 amide bonds. The number of nitrogens with zero attached hydrogens (tertiary/aromatic N) is 2. The Labute approximate surface area is 200 Å². The lowest BCUT2D eigenvalue weighted by molar-refractivity contribution is -0.192. The number of alkyl halides is 3. The van der Waals surface area contributed by atoms with Gasteiger partial charge in [-0.2, -0.15) is 13.2 Å². The van der Waals surface area contributed by atoms with E-state index < -0.39 is 12.1 Å². The SMILES string of the molecule is O=C(O)C(F)(F)F.O=C1N(Cc2ccccc2)c2ccccc2C12CCN(Cc1ccoc1)CC2. The molecule has 5 rings (SSSR count). The van der Waals surface area contributed by atoms with E-state index in [4.69, 9.17) is 14.3 Å². The Morgan fingerprint density at radius 2 is 1.57 bits per heavy atom. The summed E-state index contributed by atoms with van der Waals surface area (Å²) in [6.45, 7) is 3.36. The van der Waals surface area contributed by atoms with Crippen molar-refractivity contribution >= 4 is 17.6 Å². The van der Waals surface area contributed by atoms with Gasteiger partial charge in [-0.05, 0) is 49.2 Å². The number of benzene rings is 2. The van der Waals surface area contributed by atoms with Crippen molar-refractivity contribution in [3.8, 4) is 0 Å². The van der Waals surface area contributed by atoms with Crippen molar-refractivity contribution in [2.45, 2.75) is 37.5 Å². The summed E-state index contributed by atoms with van der Waals surface area (Å²) < 4.78 is 36.9. The maximum Gasteiger partial charge on any atom is 0.490 e. The van der Waals surface area contributed by atoms with Crippen LogP contribution in [0.4, 0.5) is 18.9 Å². The molecule has 2 aromatic carbocycles. The van der Waals surface area contributed by atoms with Crippen LogP contribution in [0.2, 0.25) is 0 Å². The van der Waals surface area contributed by atoms with E-state index in [-0.39, 0.29) is 11.3 Å². The Morgan fingerprint density at radius 1 is 0.943 bits per heavy atom. The largest absolute Gasteiger partial charge is 0.490 e. The Hall–Kier alpha value is -3.59. The number of fused-ring (bicyclic) bond motifs is 2. The third-order valence-electron chi connectivity index (χ3n) is 6.49. The van der Waals surface area contributed by atoms with Gasteiger partial charge >= 0.3 is 12.1 Å². The van der Waals surface area contributed by atoms with Crippen LogP contribution in [0, 0.1) is 0 Å². The minimum atomic E-state index is -5.08. The number of halogens is 3. The van der Waals surface area contributed by atoms with Crippen molar-refractivity contribution in [3.05, 3.63) is 89.9 Å². The molecule has 6 nitrogen and oxygen atoms in total. The van der Waals surface area contributed by atoms with Crippen molar-refractivity contribution in [1.29, 1.82) is 0 Å². The van der Waals surface area contributed by atoms with Crippen LogP contribution in [0.1, 0.15) is 29.5 Å². The van der Waals surface area contributed by atoms with Crippen molar-refractivity contribution in [3.63, 3.8) is 0 Å². The number of rotatable bonds is 4. The molecule has 184 valence electrons. The molecular weight excluding hydrogens is 461 g/mol. The quantitative estimate of drug-likeness (QED) is 0.562. The number of hydrogen-bond acceptors (Lipinski definition) is 4. The zero-order valence-electron chi connectivity index (χ0n) is 18.9. The number of likely N-dealkylation sites (tertiary alicyclic amines) is 1. The van der Waals surface area contributed by atoms with Gasteiger partial charge in [0.25, 0.3) is 0 Å². The number of aliphatic carboxylic acids is 1. The highest BCUT2D eigenvalue weighted by atomic mass is 19.4. The number of para-hydroxylation sites is 1. The average molecular weight is 486 g/mol. The van der Waals surface area contributed by atoms with Crippen LogP contribution in [0.15, 0.2) is 77.6 Å². The van der Waals surface area contributed by atoms with Gasteiger partial charge in [0.05, 0.1) is 24.5 Å². The van der Waals surface area contributed by atoms with Crippen molar-refractivity contribution in [1.82, 2.24) is 4.90 Å². The van der Waals surface area contributed by atoms with Gasteiger partial charge in [0, 0.05) is 17.8 Å². The lowest BCUT2D eigenvalue weighted by Crippen LogP contribution is -2.48. The third kappa shape index (κ3) is 5.24. The molecule has 2 aliphatic heterocycles. The van der Waals surface area contributed by atoms with E-state index in [2.05, 4.69) is 35.2 Å². The lowest BCUT2D eigenvalue weighted by Gasteiger charge is -2.38. The minimum Gasteiger partial charge on any atom is -0.475 e. The first-order valence-electron chi connectivity index (χ1n) is 11.2. The Kier molecular flexibility index (Phi) is 6.98. The number of carbonyl (C=O) groups is 2. The van der Waals surface area contributed by atoms with Gasteiger partial charge in [-0.25, -0.2) is 4.79 Å². The van der Waals surface area contributed by atoms with Gasteiger partial charge < -0.3 is 14.4 Å². The standard InChI is InChI=1S/C24H24N2O2.C2HF3O2/c27-23-24(11-13-25(14-12-24)16-20-10-15-28-18-20)21-8-4-5-9-22(21)26(23)17-19-6-2-1-3-7-19;3-2(4,5)1(6)7/h1-10,15,18H,11-14,16-17H2;(H,6,7). The maximum atomic E-state index is 13.7. The van der Waals surface area contributed by atoms with Gasteiger partial charge in [0.1, 0.15) is 0 Å². The highest BCUT2D eigenvalue weighted by Gasteiger charge is 2.51. The molecule has 0 atom stereocenters. The summed E-state index contributed by atoms with van der Waals surface area (Å²) in [7, 11) is 0. The number of hydrogen-bond donors (Lipinski definition) is 1. The van der Waals surface area contributed by atoms with Gasteiger partial charge in [-0.3, -0.25) is 9.69 Å². The molecule has 0 unspecified atom stereocenters. The predicted octanol–water partition coefficient (Wildman–Crippen LogP) is 4.99. The lowest BCUT2D eigenvalue weighted by atomic mass is 9.73. The normalized spacial score (nSPS) is 17.1. The van der Waals surface area contributed by atoms with Gasteiger partial charge in [0.2, 0.25) is 5.91 Å². The predicted molar refractivity (Wildman–Crippen MR) is 123 cm³/mol. The summed E-state index contributed by atoms with van der Waals surface area (Å²) in [6.07, 6.45) is 0.180. The number of carboxylic acid groups (broad SMARTS) is 1. The molecule has 3 aromatic rings. The number of anilines is 1. The number of piperidine rings is 1. The van der Waals surface area contributed by atoms with E-state index in [0.717, 1.165) is 38.2 Å². The molecule has 35 heavy (non-hydrogen) atoms. The molecule has 1 saturated heterocycles. The van der Waals surface area contributed by atoms with Crippen LogP contribution in [-0.4, -0.2) is 41.1 Å². The summed E-state index contributed by atoms with van der Waals surface area (Å²) >= 11 is 0. The topological polar surface area (TPSA) is 74.0 Å². The Balaban J connectivity index is 0.000000364. The summed E-state index contributed by atoms with van der Waals surface area (Å²) in [4.78, 5) is 27.0. The van der Waals surface area contributed by atoms with Gasteiger partial charge in [0.15, 0.2) is 0 Å². The molecule has 9 heteroatoms. The van der Waals surface area contributed by atoms with Crippen LogP contribution >= 0.6 is 0 Å². The van der Waals surface area contributed by atoms with E-state index in [0.29, 0.717) is 6.54 Å². The summed E-state index contributed by atoms with van der Waals surface area (Å²) in [5.74, 6) is -2.49. The van der Waals surface area contributed by atoms with Gasteiger partial charge in [-0.1, -0.05) is 48.5 Å². The first-order chi connectivity index (χ1) is 16.7. The van der Waals surface area contributed by atoms with E-state index in [1.54, 1.807) is 6.26 Å². The van der Waals surface area contributed by atoms with Crippen LogP contribution < -0.4 is 4.90 Å². The zero-order valence-corrected chi connectivity index (χ0v) is 18.9. The highest BCUT2D eigenvalue weighted by Crippen LogP contribution is 2.48. The smallest absolute Gasteiger partial charge is 0.475 e. The molecule has 1 N–H and O–H groups in total. The van der Waals surface area contributed by atoms with Crippen molar-refractivity contribution in [2.24, 2.45) is 0 Å². The molecule has 0 radical (unpaired) electrons. The second-order valence-electron chi connectivity index (χ2n) is 8.69. The summed E-state index contributed by atoms with van der Waals surface area (Å²) in [5.41, 5.74) is 4.27. The second-order valence-corrected chi connectivity index (χ2v) is 8.69. The molecule has 0 saturated carbocycles. The fourth-order valence-electron chi connectivity index (χ4n) is 4.74. The van der Waals surface area contributed by atoms with Crippen LogP contribution in [0.25, 0.3) is 0 Å². The third-order valence-corrected chi connectivity index (χ3v) is 6.49. The van der Waals surface area contributed by atoms with Gasteiger partial charge in [-0.15, -0.1) is 0 Å². The van der Waals surface area contributed by atoms with Crippen molar-refractivity contribution < 1.29 is 32.3 Å². The van der Waals surface area contributed by atoms with E-state index >= 15 is 0 Å². The molecule has 3 heterocycles. The number of amides is 1. The second kappa shape index (κ2) is 9.95. The molecule has 0 bridgehead atoms. The molecule has 1 aromatic heterocycles. The fraction of sp³-hybridized carbons (Fsp3) is 0.308. The Bertz CT molecular complexity index is 1150. The fourth-order valence-corrected chi connectivity index (χ4v) is 4.74. The highest BCUT2D eigenvalue weighted by molar-refractivity contribution is 6.08. The number of carbonyl (C=O) groups excluding carboxylic acids is 1. The van der Waals surface area contributed by atoms with Crippen LogP contribution in [-0.2, 0) is 28.1 Å². The van der Waals surface area contributed by atoms with E-state index in [1.807, 2.05) is 41.5 Å². The van der Waals surface area contributed by atoms with Crippen molar-refractivity contribution in [2.75, 3.05) is 18.0 Å². The molecule has 0 aliphatic carbocycles. The molecule has 1 fully saturated rings. The number of furan rings is 1. The molecule has 1 spiro atoms. The number of carboxylic acids is 1. The molecule has 2 aliphatic rings. The van der Waals surface area contributed by atoms with E-state index in [1.165, 1.54) is 16.7 Å². The van der Waals surface area contributed by atoms with E-state index in [9.17, 15) is 18.0 Å². The Morgan fingerprint density at radius 3 is 2.17 bits per heavy atom. The monoisotopic (exact) mass is 486 g/mol. The first-order valence-corrected chi connectivity index (χ1v) is 11.2. The van der Waals surface area contributed by atoms with Crippen LogP contribution in [0.3, 0.4) is 0 Å². The summed E-state index contributed by atoms with van der Waals surface area (Å²) in [5, 5.41) is 7.12. The zero-order chi connectivity index (χ0) is 25.1. The first kappa shape index (κ1) is 24.5. The average Bonchev–Trinajstić information content (AvgIpc) is 3.43. The molecular formula is C26H25F3N2O4. The maximum absolute atomic E-state index is 13.7.